The van der Waals surface area contributed by atoms with Crippen LogP contribution in [0.5, 0.6) is 0 Å². The number of anilines is 2. The van der Waals surface area contributed by atoms with E-state index in [0.717, 1.165) is 40.8 Å². The fourth-order valence-electron chi connectivity index (χ4n) is 3.12. The van der Waals surface area contributed by atoms with Gasteiger partial charge in [0.15, 0.2) is 0 Å². The van der Waals surface area contributed by atoms with Crippen molar-refractivity contribution in [3.8, 4) is 0 Å². The maximum Gasteiger partial charge on any atom is 0.224 e. The van der Waals surface area contributed by atoms with Crippen LogP contribution < -0.4 is 10.6 Å². The molecule has 1 heterocycles. The van der Waals surface area contributed by atoms with Crippen LogP contribution in [-0.4, -0.2) is 37.2 Å². The van der Waals surface area contributed by atoms with Gasteiger partial charge in [-0.3, -0.25) is 4.79 Å². The molecule has 8 heteroatoms. The normalized spacial score (nSPS) is 11.0. The molecule has 0 saturated carbocycles. The Morgan fingerprint density at radius 3 is 2.47 bits per heavy atom. The van der Waals surface area contributed by atoms with Crippen LogP contribution in [0.15, 0.2) is 59.0 Å². The Bertz CT molecular complexity index is 1020. The molecule has 2 aromatic carbocycles. The monoisotopic (exact) mass is 491 g/mol. The van der Waals surface area contributed by atoms with Crippen molar-refractivity contribution in [3.05, 3.63) is 81.7 Å². The van der Waals surface area contributed by atoms with Crippen LogP contribution >= 0.6 is 35.0 Å². The molecule has 2 N–H and O–H groups in total. The molecule has 0 atom stereocenters. The number of carbonyl (C=O) groups excluding carboxylic acids is 1. The lowest BCUT2D eigenvalue weighted by Crippen LogP contribution is -2.27. The smallest absolute Gasteiger partial charge is 0.224 e. The second-order valence-electron chi connectivity index (χ2n) is 7.56. The molecule has 0 unspecified atom stereocenters. The summed E-state index contributed by atoms with van der Waals surface area (Å²) in [4.78, 5) is 14.5. The zero-order chi connectivity index (χ0) is 22.9. The van der Waals surface area contributed by atoms with Gasteiger partial charge in [0.1, 0.15) is 11.5 Å². The van der Waals surface area contributed by atoms with E-state index in [-0.39, 0.29) is 12.3 Å². The van der Waals surface area contributed by atoms with Crippen molar-refractivity contribution in [1.29, 1.82) is 0 Å². The van der Waals surface area contributed by atoms with Gasteiger partial charge in [0.25, 0.3) is 0 Å². The first kappa shape index (κ1) is 24.5. The molecule has 0 radical (unpaired) electrons. The predicted molar refractivity (Wildman–Crippen MR) is 135 cm³/mol. The highest BCUT2D eigenvalue weighted by Crippen LogP contribution is 2.33. The Labute approximate surface area is 203 Å². The Balaban J connectivity index is 1.45. The molecule has 3 rings (SSSR count). The zero-order valence-electron chi connectivity index (χ0n) is 18.2. The lowest BCUT2D eigenvalue weighted by Gasteiger charge is -2.14. The highest BCUT2D eigenvalue weighted by Gasteiger charge is 2.11. The fourth-order valence-corrected chi connectivity index (χ4v) is 4.35. The third-order valence-electron chi connectivity index (χ3n) is 4.59. The summed E-state index contributed by atoms with van der Waals surface area (Å²) in [5.41, 5.74) is 2.31. The zero-order valence-corrected chi connectivity index (χ0v) is 20.5. The molecule has 0 spiro atoms. The summed E-state index contributed by atoms with van der Waals surface area (Å²) in [5, 5.41) is 7.30. The van der Waals surface area contributed by atoms with Gasteiger partial charge < -0.3 is 20.0 Å². The first-order chi connectivity index (χ1) is 15.4. The van der Waals surface area contributed by atoms with Crippen molar-refractivity contribution < 1.29 is 9.21 Å². The number of benzene rings is 2. The summed E-state index contributed by atoms with van der Waals surface area (Å²) in [6, 6.07) is 17.0. The summed E-state index contributed by atoms with van der Waals surface area (Å²) in [5.74, 6) is 3.48. The van der Waals surface area contributed by atoms with E-state index in [1.807, 2.05) is 50.5 Å². The number of hydrogen-bond acceptors (Lipinski definition) is 5. The molecule has 0 aliphatic rings. The molecule has 1 amide bonds. The van der Waals surface area contributed by atoms with Crippen molar-refractivity contribution >= 4 is 52.2 Å². The molecular formula is C24H27Cl2N3O2S. The molecule has 0 fully saturated rings. The quantitative estimate of drug-likeness (QED) is 0.323. The molecule has 3 aromatic rings. The highest BCUT2D eigenvalue weighted by atomic mass is 35.5. The molecule has 170 valence electrons. The van der Waals surface area contributed by atoms with E-state index in [2.05, 4.69) is 15.5 Å². The van der Waals surface area contributed by atoms with Crippen LogP contribution in [0, 0.1) is 0 Å². The average Bonchev–Trinajstić information content (AvgIpc) is 3.18. The van der Waals surface area contributed by atoms with E-state index in [0.29, 0.717) is 22.3 Å². The van der Waals surface area contributed by atoms with Crippen molar-refractivity contribution in [3.63, 3.8) is 0 Å². The lowest BCUT2D eigenvalue weighted by molar-refractivity contribution is -0.120. The Morgan fingerprint density at radius 1 is 1.00 bits per heavy atom. The first-order valence-electron chi connectivity index (χ1n) is 10.3. The number of thioether (sulfide) groups is 1. The van der Waals surface area contributed by atoms with Gasteiger partial charge in [-0.2, -0.15) is 11.8 Å². The number of hydrogen-bond donors (Lipinski definition) is 2. The molecule has 0 saturated heterocycles. The number of para-hydroxylation sites is 2. The van der Waals surface area contributed by atoms with E-state index in [9.17, 15) is 4.79 Å². The number of amides is 1. The Hall–Kier alpha value is -2.12. The van der Waals surface area contributed by atoms with Gasteiger partial charge >= 0.3 is 0 Å². The summed E-state index contributed by atoms with van der Waals surface area (Å²) < 4.78 is 5.80. The van der Waals surface area contributed by atoms with E-state index in [1.54, 1.807) is 30.0 Å². The van der Waals surface area contributed by atoms with E-state index >= 15 is 0 Å². The summed E-state index contributed by atoms with van der Waals surface area (Å²) >= 11 is 14.3. The van der Waals surface area contributed by atoms with Gasteiger partial charge in [0.2, 0.25) is 5.91 Å². The minimum Gasteiger partial charge on any atom is -0.464 e. The van der Waals surface area contributed by atoms with Gasteiger partial charge in [-0.1, -0.05) is 47.5 Å². The second-order valence-corrected chi connectivity index (χ2v) is 9.48. The number of nitrogens with one attached hydrogen (secondary N) is 2. The third-order valence-corrected chi connectivity index (χ3v) is 6.20. The molecular weight excluding hydrogens is 465 g/mol. The van der Waals surface area contributed by atoms with Crippen molar-refractivity contribution in [2.24, 2.45) is 0 Å². The summed E-state index contributed by atoms with van der Waals surface area (Å²) in [6.45, 7) is 1.39. The molecule has 5 nitrogen and oxygen atoms in total. The van der Waals surface area contributed by atoms with Gasteiger partial charge in [-0.15, -0.1) is 0 Å². The standard InChI is InChI=1S/C24H27Cl2N3O2S/c1-29(2)15-18-10-11-19(31-18)16-32-13-12-27-23(30)14-17-6-3-4-9-22(17)28-24-20(25)7-5-8-21(24)26/h3-11,28H,12-16H2,1-2H3,(H,27,30). The van der Waals surface area contributed by atoms with E-state index in [1.165, 1.54) is 0 Å². The largest absolute Gasteiger partial charge is 0.464 e. The predicted octanol–water partition coefficient (Wildman–Crippen LogP) is 5.98. The second kappa shape index (κ2) is 12.2. The van der Waals surface area contributed by atoms with Crippen molar-refractivity contribution in [1.82, 2.24) is 10.2 Å². The van der Waals surface area contributed by atoms with Crippen LogP contribution in [0.2, 0.25) is 10.0 Å². The molecule has 1 aromatic heterocycles. The maximum absolute atomic E-state index is 12.5. The maximum atomic E-state index is 12.5. The number of furan rings is 1. The molecule has 0 bridgehead atoms. The van der Waals surface area contributed by atoms with Crippen molar-refractivity contribution in [2.75, 3.05) is 31.7 Å². The average molecular weight is 492 g/mol. The first-order valence-corrected chi connectivity index (χ1v) is 12.2. The van der Waals surface area contributed by atoms with Crippen molar-refractivity contribution in [2.45, 2.75) is 18.7 Å². The Kier molecular flexibility index (Phi) is 9.36. The summed E-state index contributed by atoms with van der Waals surface area (Å²) in [7, 11) is 4.03. The van der Waals surface area contributed by atoms with E-state index < -0.39 is 0 Å². The SMILES string of the molecule is CN(C)Cc1ccc(CSCCNC(=O)Cc2ccccc2Nc2c(Cl)cccc2Cl)o1. The Morgan fingerprint density at radius 2 is 1.72 bits per heavy atom. The summed E-state index contributed by atoms with van der Waals surface area (Å²) in [6.07, 6.45) is 0.266. The molecule has 32 heavy (non-hydrogen) atoms. The van der Waals surface area contributed by atoms with E-state index in [4.69, 9.17) is 27.6 Å². The van der Waals surface area contributed by atoms with Gasteiger partial charge in [0, 0.05) is 18.0 Å². The van der Waals surface area contributed by atoms with Gasteiger partial charge in [-0.05, 0) is 50.0 Å². The van der Waals surface area contributed by atoms with Crippen LogP contribution in [0.25, 0.3) is 0 Å². The van der Waals surface area contributed by atoms with Crippen LogP contribution in [0.3, 0.4) is 0 Å². The number of rotatable bonds is 11. The molecule has 0 aliphatic carbocycles. The highest BCUT2D eigenvalue weighted by molar-refractivity contribution is 7.98. The molecule has 0 aliphatic heterocycles. The topological polar surface area (TPSA) is 57.5 Å². The lowest BCUT2D eigenvalue weighted by atomic mass is 10.1. The van der Waals surface area contributed by atoms with Crippen LogP contribution in [0.1, 0.15) is 17.1 Å². The fraction of sp³-hybridized carbons (Fsp3) is 0.292. The van der Waals surface area contributed by atoms with Gasteiger partial charge in [0.05, 0.1) is 34.5 Å². The minimum absolute atomic E-state index is 0.0311. The number of carbonyl (C=O) groups is 1. The number of halogens is 2. The number of nitrogens with zero attached hydrogens (tertiary/aromatic N) is 1. The van der Waals surface area contributed by atoms with Gasteiger partial charge in [-0.25, -0.2) is 0 Å². The van der Waals surface area contributed by atoms with Crippen LogP contribution in [-0.2, 0) is 23.5 Å². The minimum atomic E-state index is -0.0311. The van der Waals surface area contributed by atoms with Crippen LogP contribution in [0.4, 0.5) is 11.4 Å². The third kappa shape index (κ3) is 7.48.